The smallest absolute Gasteiger partial charge is 0.104 e. The van der Waals surface area contributed by atoms with Gasteiger partial charge in [-0.25, -0.2) is 0 Å². The van der Waals surface area contributed by atoms with Crippen LogP contribution in [0, 0.1) is 23.2 Å². The van der Waals surface area contributed by atoms with Crippen LogP contribution in [0.15, 0.2) is 30.3 Å². The highest BCUT2D eigenvalue weighted by atomic mass is 32.1. The fourth-order valence-corrected chi connectivity index (χ4v) is 3.12. The number of thiocarbonyl (C=S) groups is 1. The molecule has 0 aliphatic carbocycles. The van der Waals surface area contributed by atoms with Crippen LogP contribution < -0.4 is 5.32 Å². The molecule has 0 spiro atoms. The summed E-state index contributed by atoms with van der Waals surface area (Å²) in [5.41, 5.74) is 1.24. The molecule has 3 atom stereocenters. The van der Waals surface area contributed by atoms with E-state index < -0.39 is 0 Å². The molecule has 2 rings (SSSR count). The monoisotopic (exact) mass is 258 g/mol. The van der Waals surface area contributed by atoms with Crippen LogP contribution in [0.3, 0.4) is 0 Å². The van der Waals surface area contributed by atoms with Gasteiger partial charge in [0.05, 0.1) is 11.1 Å². The Labute approximate surface area is 114 Å². The van der Waals surface area contributed by atoms with Crippen molar-refractivity contribution in [2.75, 3.05) is 6.54 Å². The lowest BCUT2D eigenvalue weighted by Crippen LogP contribution is -2.45. The average Bonchev–Trinajstić information content (AvgIpc) is 2.41. The molecule has 1 aliphatic rings. The highest BCUT2D eigenvalue weighted by Crippen LogP contribution is 2.37. The Bertz CT molecular complexity index is 449. The van der Waals surface area contributed by atoms with Crippen LogP contribution in [0.4, 0.5) is 0 Å². The molecule has 0 saturated carbocycles. The zero-order chi connectivity index (χ0) is 13.0. The Balaban J connectivity index is 2.34. The molecule has 1 fully saturated rings. The summed E-state index contributed by atoms with van der Waals surface area (Å²) in [6, 6.07) is 12.7. The molecule has 3 heteroatoms. The van der Waals surface area contributed by atoms with Gasteiger partial charge >= 0.3 is 0 Å². The molecule has 0 aromatic heterocycles. The summed E-state index contributed by atoms with van der Waals surface area (Å²) >= 11 is 5.31. The summed E-state index contributed by atoms with van der Waals surface area (Å²) in [6.07, 6.45) is 2.27. The van der Waals surface area contributed by atoms with Crippen molar-refractivity contribution in [2.45, 2.75) is 25.7 Å². The molecule has 2 nitrogen and oxygen atoms in total. The van der Waals surface area contributed by atoms with Gasteiger partial charge in [-0.15, -0.1) is 0 Å². The molecule has 94 valence electrons. The third-order valence-corrected chi connectivity index (χ3v) is 4.07. The Kier molecular flexibility index (Phi) is 4.33. The Morgan fingerprint density at radius 1 is 1.39 bits per heavy atom. The van der Waals surface area contributed by atoms with Crippen molar-refractivity contribution in [3.63, 3.8) is 0 Å². The second kappa shape index (κ2) is 5.97. The molecule has 1 aromatic carbocycles. The minimum absolute atomic E-state index is 0.187. The van der Waals surface area contributed by atoms with Gasteiger partial charge in [0, 0.05) is 12.5 Å². The van der Waals surface area contributed by atoms with Crippen molar-refractivity contribution in [1.29, 1.82) is 5.26 Å². The first-order valence-corrected chi connectivity index (χ1v) is 6.91. The molecule has 1 heterocycles. The Hall–Kier alpha value is -1.40. The molecule has 1 saturated heterocycles. The Morgan fingerprint density at radius 3 is 2.72 bits per heavy atom. The van der Waals surface area contributed by atoms with Gasteiger partial charge in [-0.05, 0) is 17.9 Å². The van der Waals surface area contributed by atoms with E-state index >= 15 is 0 Å². The van der Waals surface area contributed by atoms with E-state index in [2.05, 4.69) is 30.4 Å². The molecular formula is C15H18N2S. The van der Waals surface area contributed by atoms with Crippen LogP contribution in [0.25, 0.3) is 0 Å². The van der Waals surface area contributed by atoms with Gasteiger partial charge in [0.2, 0.25) is 0 Å². The zero-order valence-electron chi connectivity index (χ0n) is 10.6. The van der Waals surface area contributed by atoms with Crippen LogP contribution in [-0.2, 0) is 0 Å². The van der Waals surface area contributed by atoms with Crippen molar-refractivity contribution in [3.05, 3.63) is 35.9 Å². The van der Waals surface area contributed by atoms with E-state index in [1.807, 2.05) is 18.2 Å². The van der Waals surface area contributed by atoms with Crippen molar-refractivity contribution < 1.29 is 0 Å². The van der Waals surface area contributed by atoms with Crippen LogP contribution >= 0.6 is 12.2 Å². The van der Waals surface area contributed by atoms with Crippen molar-refractivity contribution in [2.24, 2.45) is 11.8 Å². The van der Waals surface area contributed by atoms with Gasteiger partial charge in [0.25, 0.3) is 0 Å². The van der Waals surface area contributed by atoms with E-state index in [0.29, 0.717) is 10.9 Å². The van der Waals surface area contributed by atoms with Gasteiger partial charge in [0.1, 0.15) is 5.92 Å². The fourth-order valence-electron chi connectivity index (χ4n) is 2.84. The number of hydrogen-bond donors (Lipinski definition) is 1. The van der Waals surface area contributed by atoms with Crippen molar-refractivity contribution >= 4 is 17.2 Å². The lowest BCUT2D eigenvalue weighted by atomic mass is 9.73. The molecule has 18 heavy (non-hydrogen) atoms. The van der Waals surface area contributed by atoms with E-state index in [1.54, 1.807) is 0 Å². The van der Waals surface area contributed by atoms with Crippen LogP contribution in [0.2, 0.25) is 0 Å². The van der Waals surface area contributed by atoms with Crippen molar-refractivity contribution in [1.82, 2.24) is 5.32 Å². The van der Waals surface area contributed by atoms with E-state index in [0.717, 1.165) is 19.4 Å². The predicted molar refractivity (Wildman–Crippen MR) is 77.3 cm³/mol. The lowest BCUT2D eigenvalue weighted by molar-refractivity contribution is 0.339. The van der Waals surface area contributed by atoms with Crippen LogP contribution in [0.5, 0.6) is 0 Å². The molecule has 0 amide bonds. The quantitative estimate of drug-likeness (QED) is 0.845. The van der Waals surface area contributed by atoms with Gasteiger partial charge in [-0.3, -0.25) is 0 Å². The summed E-state index contributed by atoms with van der Waals surface area (Å²) in [5, 5.41) is 12.6. The molecular weight excluding hydrogens is 240 g/mol. The van der Waals surface area contributed by atoms with Crippen molar-refractivity contribution in [3.8, 4) is 6.07 Å². The largest absolute Gasteiger partial charge is 0.378 e. The van der Waals surface area contributed by atoms with E-state index in [9.17, 15) is 5.26 Å². The topological polar surface area (TPSA) is 35.8 Å². The minimum Gasteiger partial charge on any atom is -0.378 e. The van der Waals surface area contributed by atoms with Gasteiger partial charge in [-0.1, -0.05) is 55.9 Å². The van der Waals surface area contributed by atoms with E-state index in [1.165, 1.54) is 5.56 Å². The standard InChI is InChI=1S/C15H18N2S/c1-2-6-12-10-17-15(18)13(9-16)14(12)11-7-4-3-5-8-11/h3-5,7-8,12-14H,2,6,10H2,1H3,(H,17,18). The second-order valence-corrected chi connectivity index (χ2v) is 5.28. The normalized spacial score (nSPS) is 27.3. The molecule has 0 radical (unpaired) electrons. The van der Waals surface area contributed by atoms with Gasteiger partial charge < -0.3 is 5.32 Å². The summed E-state index contributed by atoms with van der Waals surface area (Å²) in [7, 11) is 0. The van der Waals surface area contributed by atoms with E-state index in [4.69, 9.17) is 12.2 Å². The minimum atomic E-state index is -0.187. The number of piperidine rings is 1. The second-order valence-electron chi connectivity index (χ2n) is 4.84. The summed E-state index contributed by atoms with van der Waals surface area (Å²) < 4.78 is 0. The summed E-state index contributed by atoms with van der Waals surface area (Å²) in [5.74, 6) is 0.548. The molecule has 3 unspecified atom stereocenters. The van der Waals surface area contributed by atoms with Crippen LogP contribution in [-0.4, -0.2) is 11.5 Å². The van der Waals surface area contributed by atoms with Gasteiger partial charge in [-0.2, -0.15) is 5.26 Å². The first-order valence-electron chi connectivity index (χ1n) is 6.50. The number of nitriles is 1. The fraction of sp³-hybridized carbons (Fsp3) is 0.467. The summed E-state index contributed by atoms with van der Waals surface area (Å²) in [6.45, 7) is 3.08. The zero-order valence-corrected chi connectivity index (χ0v) is 11.4. The molecule has 1 aliphatic heterocycles. The number of nitrogens with zero attached hydrogens (tertiary/aromatic N) is 1. The molecule has 1 aromatic rings. The third kappa shape index (κ3) is 2.54. The highest BCUT2D eigenvalue weighted by molar-refractivity contribution is 7.80. The van der Waals surface area contributed by atoms with Gasteiger partial charge in [0.15, 0.2) is 0 Å². The first-order chi connectivity index (χ1) is 8.77. The van der Waals surface area contributed by atoms with Crippen LogP contribution in [0.1, 0.15) is 31.2 Å². The third-order valence-electron chi connectivity index (χ3n) is 3.67. The highest BCUT2D eigenvalue weighted by Gasteiger charge is 2.36. The lowest BCUT2D eigenvalue weighted by Gasteiger charge is -2.36. The van der Waals surface area contributed by atoms with E-state index in [-0.39, 0.29) is 11.8 Å². The maximum Gasteiger partial charge on any atom is 0.104 e. The average molecular weight is 258 g/mol. The molecule has 1 N–H and O–H groups in total. The molecule has 0 bridgehead atoms. The predicted octanol–water partition coefficient (Wildman–Crippen LogP) is 3.26. The summed E-state index contributed by atoms with van der Waals surface area (Å²) in [4.78, 5) is 0.707. The number of benzene rings is 1. The number of hydrogen-bond acceptors (Lipinski definition) is 2. The maximum absolute atomic E-state index is 9.40. The number of nitrogens with one attached hydrogen (secondary N) is 1. The SMILES string of the molecule is CCCC1CNC(=S)C(C#N)C1c1ccccc1. The Morgan fingerprint density at radius 2 is 2.11 bits per heavy atom. The number of rotatable bonds is 3. The first kappa shape index (κ1) is 13.0. The maximum atomic E-state index is 9.40.